The molecule has 0 aliphatic carbocycles. The Morgan fingerprint density at radius 1 is 1.37 bits per heavy atom. The van der Waals surface area contributed by atoms with E-state index in [-0.39, 0.29) is 5.91 Å². The Labute approximate surface area is 118 Å². The minimum Gasteiger partial charge on any atom is -0.398 e. The normalized spacial score (nSPS) is 13.7. The van der Waals surface area contributed by atoms with Gasteiger partial charge in [0, 0.05) is 28.6 Å². The Hall–Kier alpha value is -1.20. The van der Waals surface area contributed by atoms with Gasteiger partial charge in [-0.1, -0.05) is 13.8 Å². The second-order valence-corrected chi connectivity index (χ2v) is 5.78. The molecule has 104 valence electrons. The summed E-state index contributed by atoms with van der Waals surface area (Å²) < 4.78 is 0. The summed E-state index contributed by atoms with van der Waals surface area (Å²) in [4.78, 5) is 14.8. The number of benzene rings is 1. The van der Waals surface area contributed by atoms with Crippen LogP contribution in [0.2, 0.25) is 0 Å². The second-order valence-electron chi connectivity index (χ2n) is 4.65. The number of nitrogens with one attached hydrogen (secondary N) is 1. The molecule has 0 fully saturated rings. The summed E-state index contributed by atoms with van der Waals surface area (Å²) in [6.07, 6.45) is 0.448. The van der Waals surface area contributed by atoms with Crippen molar-refractivity contribution in [2.75, 3.05) is 36.4 Å². The van der Waals surface area contributed by atoms with Crippen molar-refractivity contribution in [1.82, 2.24) is 4.90 Å². The van der Waals surface area contributed by atoms with Gasteiger partial charge in [-0.3, -0.25) is 4.79 Å². The first-order chi connectivity index (χ1) is 9.13. The number of nitrogen functional groups attached to an aromatic ring is 1. The molecule has 3 N–H and O–H groups in total. The molecular formula is C14H21N3OS. The molecule has 0 radical (unpaired) electrons. The van der Waals surface area contributed by atoms with Gasteiger partial charge in [0.2, 0.25) is 5.91 Å². The van der Waals surface area contributed by atoms with Crippen LogP contribution in [-0.2, 0) is 11.2 Å². The number of hydrogen-bond acceptors (Lipinski definition) is 4. The lowest BCUT2D eigenvalue weighted by Crippen LogP contribution is -2.25. The third kappa shape index (κ3) is 3.42. The first kappa shape index (κ1) is 14.2. The predicted octanol–water partition coefficient (Wildman–Crippen LogP) is 2.20. The molecule has 0 aromatic heterocycles. The molecule has 2 rings (SSSR count). The zero-order chi connectivity index (χ0) is 13.8. The van der Waals surface area contributed by atoms with E-state index in [4.69, 9.17) is 5.73 Å². The van der Waals surface area contributed by atoms with Gasteiger partial charge in [-0.25, -0.2) is 0 Å². The summed E-state index contributed by atoms with van der Waals surface area (Å²) in [6.45, 7) is 7.56. The molecule has 1 aliphatic rings. The van der Waals surface area contributed by atoms with Crippen molar-refractivity contribution in [1.29, 1.82) is 0 Å². The SMILES string of the molecule is CCN(CC)CCSc1cc2c(cc1N)CC(=O)N2. The quantitative estimate of drug-likeness (QED) is 0.619. The molecule has 1 heterocycles. The molecule has 0 spiro atoms. The monoisotopic (exact) mass is 279 g/mol. The number of anilines is 2. The Morgan fingerprint density at radius 3 is 2.79 bits per heavy atom. The number of amides is 1. The fourth-order valence-corrected chi connectivity index (χ4v) is 3.22. The molecule has 0 unspecified atom stereocenters. The highest BCUT2D eigenvalue weighted by molar-refractivity contribution is 7.99. The standard InChI is InChI=1S/C14H21N3OS/c1-3-17(4-2)5-6-19-13-9-12-10(7-11(13)15)8-14(18)16-12/h7,9H,3-6,8,15H2,1-2H3,(H,16,18). The first-order valence-corrected chi connectivity index (χ1v) is 7.70. The van der Waals surface area contributed by atoms with Gasteiger partial charge < -0.3 is 16.0 Å². The molecular weight excluding hydrogens is 258 g/mol. The van der Waals surface area contributed by atoms with Gasteiger partial charge in [-0.05, 0) is 30.8 Å². The van der Waals surface area contributed by atoms with Crippen molar-refractivity contribution in [2.45, 2.75) is 25.2 Å². The van der Waals surface area contributed by atoms with Crippen LogP contribution in [0, 0.1) is 0 Å². The van der Waals surface area contributed by atoms with Crippen molar-refractivity contribution in [3.63, 3.8) is 0 Å². The maximum Gasteiger partial charge on any atom is 0.228 e. The number of hydrogen-bond donors (Lipinski definition) is 2. The van der Waals surface area contributed by atoms with E-state index in [1.54, 1.807) is 11.8 Å². The Kier molecular flexibility index (Phi) is 4.71. The lowest BCUT2D eigenvalue weighted by Gasteiger charge is -2.17. The summed E-state index contributed by atoms with van der Waals surface area (Å²) in [7, 11) is 0. The Morgan fingerprint density at radius 2 is 2.11 bits per heavy atom. The average Bonchev–Trinajstić information content (AvgIpc) is 2.74. The largest absolute Gasteiger partial charge is 0.398 e. The van der Waals surface area contributed by atoms with Crippen LogP contribution in [0.1, 0.15) is 19.4 Å². The predicted molar refractivity (Wildman–Crippen MR) is 81.7 cm³/mol. The van der Waals surface area contributed by atoms with Gasteiger partial charge in [-0.2, -0.15) is 0 Å². The van der Waals surface area contributed by atoms with Gasteiger partial charge >= 0.3 is 0 Å². The van der Waals surface area contributed by atoms with Gasteiger partial charge in [0.15, 0.2) is 0 Å². The molecule has 0 atom stereocenters. The van der Waals surface area contributed by atoms with Gasteiger partial charge in [0.1, 0.15) is 0 Å². The lowest BCUT2D eigenvalue weighted by molar-refractivity contribution is -0.115. The molecule has 0 bridgehead atoms. The smallest absolute Gasteiger partial charge is 0.228 e. The minimum absolute atomic E-state index is 0.0553. The molecule has 19 heavy (non-hydrogen) atoms. The highest BCUT2D eigenvalue weighted by atomic mass is 32.2. The number of rotatable bonds is 6. The molecule has 0 saturated heterocycles. The van der Waals surface area contributed by atoms with E-state index in [0.717, 1.165) is 47.2 Å². The molecule has 1 amide bonds. The number of carbonyl (C=O) groups excluding carboxylic acids is 1. The minimum atomic E-state index is 0.0553. The lowest BCUT2D eigenvalue weighted by atomic mass is 10.1. The van der Waals surface area contributed by atoms with Crippen molar-refractivity contribution in [2.24, 2.45) is 0 Å². The summed E-state index contributed by atoms with van der Waals surface area (Å²) in [5.74, 6) is 1.07. The molecule has 1 aromatic rings. The van der Waals surface area contributed by atoms with E-state index in [1.165, 1.54) is 0 Å². The van der Waals surface area contributed by atoms with Crippen molar-refractivity contribution in [3.8, 4) is 0 Å². The molecule has 1 aromatic carbocycles. The van der Waals surface area contributed by atoms with E-state index in [1.807, 2.05) is 12.1 Å². The zero-order valence-electron chi connectivity index (χ0n) is 11.5. The van der Waals surface area contributed by atoms with Crippen LogP contribution >= 0.6 is 11.8 Å². The summed E-state index contributed by atoms with van der Waals surface area (Å²) in [6, 6.07) is 3.93. The van der Waals surface area contributed by atoms with Gasteiger partial charge in [0.05, 0.1) is 6.42 Å². The number of nitrogens with zero attached hydrogens (tertiary/aromatic N) is 1. The molecule has 4 nitrogen and oxygen atoms in total. The topological polar surface area (TPSA) is 58.4 Å². The van der Waals surface area contributed by atoms with E-state index < -0.39 is 0 Å². The highest BCUT2D eigenvalue weighted by Crippen LogP contribution is 2.33. The zero-order valence-corrected chi connectivity index (χ0v) is 12.3. The van der Waals surface area contributed by atoms with E-state index in [0.29, 0.717) is 6.42 Å². The third-order valence-electron chi connectivity index (χ3n) is 3.42. The number of carbonyl (C=O) groups is 1. The number of fused-ring (bicyclic) bond motifs is 1. The van der Waals surface area contributed by atoms with Crippen LogP contribution in [0.15, 0.2) is 17.0 Å². The van der Waals surface area contributed by atoms with Crippen molar-refractivity contribution < 1.29 is 4.79 Å². The Bertz CT molecular complexity index is 472. The van der Waals surface area contributed by atoms with Crippen LogP contribution in [0.3, 0.4) is 0 Å². The highest BCUT2D eigenvalue weighted by Gasteiger charge is 2.19. The van der Waals surface area contributed by atoms with Crippen LogP contribution in [0.25, 0.3) is 0 Å². The fourth-order valence-electron chi connectivity index (χ4n) is 2.22. The fraction of sp³-hybridized carbons (Fsp3) is 0.500. The van der Waals surface area contributed by atoms with Crippen LogP contribution < -0.4 is 11.1 Å². The van der Waals surface area contributed by atoms with Crippen LogP contribution in [-0.4, -0.2) is 36.2 Å². The second kappa shape index (κ2) is 6.30. The maximum atomic E-state index is 11.3. The van der Waals surface area contributed by atoms with Crippen molar-refractivity contribution >= 4 is 29.0 Å². The average molecular weight is 279 g/mol. The maximum absolute atomic E-state index is 11.3. The summed E-state index contributed by atoms with van der Waals surface area (Å²) in [5, 5.41) is 2.87. The van der Waals surface area contributed by atoms with Crippen LogP contribution in [0.5, 0.6) is 0 Å². The van der Waals surface area contributed by atoms with E-state index >= 15 is 0 Å². The molecule has 5 heteroatoms. The van der Waals surface area contributed by atoms with Gasteiger partial charge in [0.25, 0.3) is 0 Å². The van der Waals surface area contributed by atoms with Gasteiger partial charge in [-0.15, -0.1) is 11.8 Å². The number of thioether (sulfide) groups is 1. The van der Waals surface area contributed by atoms with Crippen LogP contribution in [0.4, 0.5) is 11.4 Å². The first-order valence-electron chi connectivity index (χ1n) is 6.71. The summed E-state index contributed by atoms with van der Waals surface area (Å²) in [5.41, 5.74) is 8.76. The third-order valence-corrected chi connectivity index (χ3v) is 4.47. The number of nitrogens with two attached hydrogens (primary N) is 1. The Balaban J connectivity index is 1.98. The van der Waals surface area contributed by atoms with E-state index in [9.17, 15) is 4.79 Å². The molecule has 1 aliphatic heterocycles. The van der Waals surface area contributed by atoms with Crippen molar-refractivity contribution in [3.05, 3.63) is 17.7 Å². The van der Waals surface area contributed by atoms with E-state index in [2.05, 4.69) is 24.1 Å². The molecule has 0 saturated carbocycles. The summed E-state index contributed by atoms with van der Waals surface area (Å²) >= 11 is 1.76.